The van der Waals surface area contributed by atoms with E-state index in [-0.39, 0.29) is 23.7 Å². The predicted octanol–water partition coefficient (Wildman–Crippen LogP) is 1.99. The molecule has 0 aromatic heterocycles. The molecule has 2 N–H and O–H groups in total. The highest BCUT2D eigenvalue weighted by Gasteiger charge is 2.45. The van der Waals surface area contributed by atoms with Crippen molar-refractivity contribution in [3.63, 3.8) is 0 Å². The van der Waals surface area contributed by atoms with Crippen molar-refractivity contribution in [1.82, 2.24) is 0 Å². The predicted molar refractivity (Wildman–Crippen MR) is 56.9 cm³/mol. The van der Waals surface area contributed by atoms with Crippen LogP contribution in [0.4, 0.5) is 0 Å². The first-order valence-corrected chi connectivity index (χ1v) is 6.07. The number of fused-ring (bicyclic) bond motifs is 1. The molecule has 0 amide bonds. The number of carboxylic acid groups (broad SMARTS) is 2. The van der Waals surface area contributed by atoms with E-state index in [1.165, 1.54) is 0 Å². The number of carbonyl (C=O) groups is 2. The summed E-state index contributed by atoms with van der Waals surface area (Å²) in [6, 6.07) is 0. The lowest BCUT2D eigenvalue weighted by molar-refractivity contribution is -0.156. The van der Waals surface area contributed by atoms with Gasteiger partial charge in [-0.05, 0) is 37.5 Å². The summed E-state index contributed by atoms with van der Waals surface area (Å²) in [5.41, 5.74) is 0. The minimum Gasteiger partial charge on any atom is -0.481 e. The molecule has 0 bridgehead atoms. The molecule has 4 nitrogen and oxygen atoms in total. The van der Waals surface area contributed by atoms with Crippen LogP contribution in [0.1, 0.15) is 38.5 Å². The molecule has 16 heavy (non-hydrogen) atoms. The molecule has 90 valence electrons. The normalized spacial score (nSPS) is 38.8. The largest absolute Gasteiger partial charge is 0.481 e. The van der Waals surface area contributed by atoms with E-state index in [0.717, 1.165) is 25.7 Å². The Hall–Kier alpha value is -1.06. The van der Waals surface area contributed by atoms with Crippen molar-refractivity contribution in [1.29, 1.82) is 0 Å². The van der Waals surface area contributed by atoms with E-state index in [4.69, 9.17) is 10.2 Å². The maximum Gasteiger partial charge on any atom is 0.306 e. The zero-order chi connectivity index (χ0) is 11.7. The van der Waals surface area contributed by atoms with Gasteiger partial charge in [0, 0.05) is 0 Å². The van der Waals surface area contributed by atoms with Gasteiger partial charge in [0.15, 0.2) is 0 Å². The highest BCUT2D eigenvalue weighted by atomic mass is 16.4. The van der Waals surface area contributed by atoms with E-state index >= 15 is 0 Å². The SMILES string of the molecule is O=C(O)[C@H]1CC[C@@H](C(=O)O)[C@@H]2CCCC[C@@H]21. The molecule has 4 heteroatoms. The highest BCUT2D eigenvalue weighted by molar-refractivity contribution is 5.73. The van der Waals surface area contributed by atoms with E-state index in [2.05, 4.69) is 0 Å². The maximum absolute atomic E-state index is 11.1. The van der Waals surface area contributed by atoms with Gasteiger partial charge in [0.1, 0.15) is 0 Å². The topological polar surface area (TPSA) is 74.6 Å². The Balaban J connectivity index is 2.17. The van der Waals surface area contributed by atoms with Crippen LogP contribution in [0.5, 0.6) is 0 Å². The third-order valence-corrected chi connectivity index (χ3v) is 4.33. The molecular formula is C12H18O4. The molecule has 2 fully saturated rings. The molecule has 4 atom stereocenters. The zero-order valence-corrected chi connectivity index (χ0v) is 9.26. The highest BCUT2D eigenvalue weighted by Crippen LogP contribution is 2.46. The van der Waals surface area contributed by atoms with Crippen LogP contribution in [0.15, 0.2) is 0 Å². The summed E-state index contributed by atoms with van der Waals surface area (Å²) in [6.45, 7) is 0. The number of aliphatic carboxylic acids is 2. The van der Waals surface area contributed by atoms with Crippen LogP contribution in [0.2, 0.25) is 0 Å². The number of rotatable bonds is 2. The van der Waals surface area contributed by atoms with Crippen molar-refractivity contribution in [2.24, 2.45) is 23.7 Å². The van der Waals surface area contributed by atoms with Crippen LogP contribution in [-0.2, 0) is 9.59 Å². The van der Waals surface area contributed by atoms with E-state index in [9.17, 15) is 9.59 Å². The van der Waals surface area contributed by atoms with Gasteiger partial charge in [0.05, 0.1) is 11.8 Å². The van der Waals surface area contributed by atoms with Gasteiger partial charge >= 0.3 is 11.9 Å². The molecule has 0 radical (unpaired) electrons. The van der Waals surface area contributed by atoms with Gasteiger partial charge in [0.2, 0.25) is 0 Å². The average molecular weight is 226 g/mol. The van der Waals surface area contributed by atoms with Gasteiger partial charge in [-0.25, -0.2) is 0 Å². The minimum atomic E-state index is -0.735. The Morgan fingerprint density at radius 2 is 1.12 bits per heavy atom. The Labute approximate surface area is 94.7 Å². The molecule has 2 aliphatic rings. The minimum absolute atomic E-state index is 0.0982. The summed E-state index contributed by atoms with van der Waals surface area (Å²) in [7, 11) is 0. The number of carboxylic acids is 2. The van der Waals surface area contributed by atoms with Crippen LogP contribution in [0.25, 0.3) is 0 Å². The quantitative estimate of drug-likeness (QED) is 0.755. The van der Waals surface area contributed by atoms with Gasteiger partial charge in [-0.15, -0.1) is 0 Å². The van der Waals surface area contributed by atoms with Crippen molar-refractivity contribution >= 4 is 11.9 Å². The molecule has 2 rings (SSSR count). The van der Waals surface area contributed by atoms with Gasteiger partial charge in [0.25, 0.3) is 0 Å². The average Bonchev–Trinajstić information content (AvgIpc) is 2.27. The van der Waals surface area contributed by atoms with Crippen molar-refractivity contribution in [2.45, 2.75) is 38.5 Å². The maximum atomic E-state index is 11.1. The lowest BCUT2D eigenvalue weighted by Crippen LogP contribution is -2.42. The van der Waals surface area contributed by atoms with E-state index in [1.54, 1.807) is 0 Å². The molecule has 2 saturated carbocycles. The summed E-state index contributed by atoms with van der Waals surface area (Å²) in [5.74, 6) is -1.88. The molecule has 0 saturated heterocycles. The lowest BCUT2D eigenvalue weighted by atomic mass is 9.61. The Bertz CT molecular complexity index is 269. The van der Waals surface area contributed by atoms with Crippen molar-refractivity contribution < 1.29 is 19.8 Å². The first-order chi connectivity index (χ1) is 7.61. The number of hydrogen-bond donors (Lipinski definition) is 2. The molecule has 2 aliphatic carbocycles. The van der Waals surface area contributed by atoms with Crippen LogP contribution < -0.4 is 0 Å². The van der Waals surface area contributed by atoms with Crippen molar-refractivity contribution in [2.75, 3.05) is 0 Å². The first kappa shape index (κ1) is 11.4. The fraction of sp³-hybridized carbons (Fsp3) is 0.833. The molecular weight excluding hydrogens is 208 g/mol. The fourth-order valence-electron chi connectivity index (χ4n) is 3.59. The second-order valence-electron chi connectivity index (χ2n) is 5.08. The lowest BCUT2D eigenvalue weighted by Gasteiger charge is -2.42. The Kier molecular flexibility index (Phi) is 3.17. The molecule has 0 aliphatic heterocycles. The third kappa shape index (κ3) is 1.93. The first-order valence-electron chi connectivity index (χ1n) is 6.07. The van der Waals surface area contributed by atoms with Gasteiger partial charge in [-0.1, -0.05) is 12.8 Å². The van der Waals surface area contributed by atoms with Crippen LogP contribution in [0, 0.1) is 23.7 Å². The molecule has 0 aromatic carbocycles. The molecule has 0 spiro atoms. The van der Waals surface area contributed by atoms with Gasteiger partial charge < -0.3 is 10.2 Å². The van der Waals surface area contributed by atoms with Crippen LogP contribution >= 0.6 is 0 Å². The summed E-state index contributed by atoms with van der Waals surface area (Å²) in [5, 5.41) is 18.3. The number of hydrogen-bond acceptors (Lipinski definition) is 2. The summed E-state index contributed by atoms with van der Waals surface area (Å²) in [4.78, 5) is 22.3. The summed E-state index contributed by atoms with van der Waals surface area (Å²) < 4.78 is 0. The van der Waals surface area contributed by atoms with Crippen LogP contribution in [-0.4, -0.2) is 22.2 Å². The zero-order valence-electron chi connectivity index (χ0n) is 9.26. The monoisotopic (exact) mass is 226 g/mol. The fourth-order valence-corrected chi connectivity index (χ4v) is 3.59. The third-order valence-electron chi connectivity index (χ3n) is 4.33. The second-order valence-corrected chi connectivity index (χ2v) is 5.08. The molecule has 0 aromatic rings. The van der Waals surface area contributed by atoms with Gasteiger partial charge in [-0.2, -0.15) is 0 Å². The van der Waals surface area contributed by atoms with E-state index < -0.39 is 11.9 Å². The second kappa shape index (κ2) is 4.44. The smallest absolute Gasteiger partial charge is 0.306 e. The summed E-state index contributed by atoms with van der Waals surface area (Å²) >= 11 is 0. The van der Waals surface area contributed by atoms with Gasteiger partial charge in [-0.3, -0.25) is 9.59 Å². The standard InChI is InChI=1S/C12H18O4/c13-11(14)9-5-6-10(12(15)16)8-4-2-1-3-7(8)9/h7-10H,1-6H2,(H,13,14)(H,15,16)/t7-,8+,9-,10+. The van der Waals surface area contributed by atoms with Crippen molar-refractivity contribution in [3.05, 3.63) is 0 Å². The summed E-state index contributed by atoms with van der Waals surface area (Å²) in [6.07, 6.45) is 4.96. The molecule has 0 heterocycles. The Morgan fingerprint density at radius 3 is 1.44 bits per heavy atom. The molecule has 0 unspecified atom stereocenters. The van der Waals surface area contributed by atoms with E-state index in [1.807, 2.05) is 0 Å². The van der Waals surface area contributed by atoms with E-state index in [0.29, 0.717) is 12.8 Å². The van der Waals surface area contributed by atoms with Crippen molar-refractivity contribution in [3.8, 4) is 0 Å². The Morgan fingerprint density at radius 1 is 0.750 bits per heavy atom. The van der Waals surface area contributed by atoms with Crippen LogP contribution in [0.3, 0.4) is 0 Å².